The fourth-order valence-corrected chi connectivity index (χ4v) is 1.77. The molecule has 0 unspecified atom stereocenters. The van der Waals surface area contributed by atoms with Gasteiger partial charge in [0.15, 0.2) is 6.29 Å². The van der Waals surface area contributed by atoms with Crippen molar-refractivity contribution >= 4 is 6.29 Å². The smallest absolute Gasteiger partial charge is 0.406 e. The Balaban J connectivity index is 2.46. The van der Waals surface area contributed by atoms with Crippen LogP contribution in [-0.4, -0.2) is 12.6 Å². The van der Waals surface area contributed by atoms with Gasteiger partial charge in [0.1, 0.15) is 11.6 Å². The van der Waals surface area contributed by atoms with Crippen LogP contribution in [0.15, 0.2) is 42.5 Å². The first kappa shape index (κ1) is 14.0. The van der Waals surface area contributed by atoms with Crippen molar-refractivity contribution in [1.29, 1.82) is 0 Å². The topological polar surface area (TPSA) is 26.3 Å². The van der Waals surface area contributed by atoms with E-state index in [1.165, 1.54) is 24.3 Å². The SMILES string of the molecule is O=Cc1c(F)cccc1-c1cccc(OC(F)(F)F)c1. The molecule has 0 atom stereocenters. The summed E-state index contributed by atoms with van der Waals surface area (Å²) < 4.78 is 53.7. The second kappa shape index (κ2) is 5.32. The van der Waals surface area contributed by atoms with Crippen LogP contribution in [0, 0.1) is 5.82 Å². The third kappa shape index (κ3) is 3.14. The molecule has 0 aliphatic rings. The Morgan fingerprint density at radius 2 is 1.75 bits per heavy atom. The Labute approximate surface area is 111 Å². The van der Waals surface area contributed by atoms with E-state index in [9.17, 15) is 22.4 Å². The number of alkyl halides is 3. The first-order valence-corrected chi connectivity index (χ1v) is 5.50. The molecule has 0 heterocycles. The highest BCUT2D eigenvalue weighted by Crippen LogP contribution is 2.30. The van der Waals surface area contributed by atoms with Crippen molar-refractivity contribution in [1.82, 2.24) is 0 Å². The van der Waals surface area contributed by atoms with E-state index < -0.39 is 17.9 Å². The molecule has 0 aliphatic heterocycles. The molecule has 0 aliphatic carbocycles. The molecule has 6 heteroatoms. The average molecular weight is 284 g/mol. The van der Waals surface area contributed by atoms with Crippen molar-refractivity contribution in [2.24, 2.45) is 0 Å². The summed E-state index contributed by atoms with van der Waals surface area (Å²) in [6.45, 7) is 0. The van der Waals surface area contributed by atoms with Crippen LogP contribution >= 0.6 is 0 Å². The number of carbonyl (C=O) groups excluding carboxylic acids is 1. The molecule has 0 radical (unpaired) electrons. The standard InChI is InChI=1S/C14H8F4O2/c15-13-6-2-5-11(12(13)8-19)9-3-1-4-10(7-9)20-14(16,17)18/h1-8H. The van der Waals surface area contributed by atoms with Crippen molar-refractivity contribution < 1.29 is 27.1 Å². The fourth-order valence-electron chi connectivity index (χ4n) is 1.77. The minimum Gasteiger partial charge on any atom is -0.406 e. The third-order valence-electron chi connectivity index (χ3n) is 2.55. The van der Waals surface area contributed by atoms with Gasteiger partial charge in [-0.15, -0.1) is 13.2 Å². The Morgan fingerprint density at radius 3 is 2.40 bits per heavy atom. The predicted molar refractivity (Wildman–Crippen MR) is 63.9 cm³/mol. The normalized spacial score (nSPS) is 11.2. The van der Waals surface area contributed by atoms with Gasteiger partial charge >= 0.3 is 6.36 Å². The number of hydrogen-bond donors (Lipinski definition) is 0. The molecule has 2 aromatic carbocycles. The molecule has 0 spiro atoms. The largest absolute Gasteiger partial charge is 0.573 e. The molecule has 0 amide bonds. The maximum absolute atomic E-state index is 13.5. The lowest BCUT2D eigenvalue weighted by molar-refractivity contribution is -0.274. The molecular formula is C14H8F4O2. The summed E-state index contributed by atoms with van der Waals surface area (Å²) in [5.74, 6) is -1.17. The molecule has 0 N–H and O–H groups in total. The molecule has 0 saturated carbocycles. The zero-order valence-electron chi connectivity index (χ0n) is 9.95. The second-order valence-electron chi connectivity index (χ2n) is 3.89. The average Bonchev–Trinajstić information content (AvgIpc) is 2.36. The number of carbonyl (C=O) groups is 1. The summed E-state index contributed by atoms with van der Waals surface area (Å²) >= 11 is 0. The molecule has 2 nitrogen and oxygen atoms in total. The van der Waals surface area contributed by atoms with E-state index in [1.807, 2.05) is 0 Å². The molecule has 0 aromatic heterocycles. The third-order valence-corrected chi connectivity index (χ3v) is 2.55. The summed E-state index contributed by atoms with van der Waals surface area (Å²) in [6, 6.07) is 8.92. The van der Waals surface area contributed by atoms with Gasteiger partial charge in [-0.25, -0.2) is 4.39 Å². The van der Waals surface area contributed by atoms with Crippen LogP contribution in [0.25, 0.3) is 11.1 Å². The maximum Gasteiger partial charge on any atom is 0.573 e. The number of ether oxygens (including phenoxy) is 1. The van der Waals surface area contributed by atoms with E-state index in [1.54, 1.807) is 0 Å². The number of rotatable bonds is 3. The van der Waals surface area contributed by atoms with E-state index in [2.05, 4.69) is 4.74 Å². The molecule has 2 aromatic rings. The Hall–Kier alpha value is -2.37. The number of halogens is 4. The highest BCUT2D eigenvalue weighted by molar-refractivity contribution is 5.88. The lowest BCUT2D eigenvalue weighted by Gasteiger charge is -2.11. The number of aldehydes is 1. The van der Waals surface area contributed by atoms with Crippen LogP contribution in [0.2, 0.25) is 0 Å². The van der Waals surface area contributed by atoms with Gasteiger partial charge in [-0.1, -0.05) is 24.3 Å². The van der Waals surface area contributed by atoms with Crippen molar-refractivity contribution in [2.75, 3.05) is 0 Å². The van der Waals surface area contributed by atoms with Crippen LogP contribution in [0.4, 0.5) is 17.6 Å². The molecule has 2 rings (SSSR count). The lowest BCUT2D eigenvalue weighted by atomic mass is 10.00. The molecule has 0 fully saturated rings. The monoisotopic (exact) mass is 284 g/mol. The Bertz CT molecular complexity index is 635. The summed E-state index contributed by atoms with van der Waals surface area (Å²) in [4.78, 5) is 10.9. The number of hydrogen-bond acceptors (Lipinski definition) is 2. The van der Waals surface area contributed by atoms with Crippen LogP contribution in [-0.2, 0) is 0 Å². The zero-order chi connectivity index (χ0) is 14.8. The highest BCUT2D eigenvalue weighted by Gasteiger charge is 2.31. The van der Waals surface area contributed by atoms with Gasteiger partial charge in [0.05, 0.1) is 5.56 Å². The van der Waals surface area contributed by atoms with Crippen molar-refractivity contribution in [3.63, 3.8) is 0 Å². The minimum absolute atomic E-state index is 0.202. The van der Waals surface area contributed by atoms with E-state index in [0.717, 1.165) is 18.2 Å². The van der Waals surface area contributed by atoms with E-state index in [0.29, 0.717) is 6.29 Å². The van der Waals surface area contributed by atoms with E-state index >= 15 is 0 Å². The van der Waals surface area contributed by atoms with Gasteiger partial charge in [-0.3, -0.25) is 4.79 Å². The predicted octanol–water partition coefficient (Wildman–Crippen LogP) is 4.20. The fraction of sp³-hybridized carbons (Fsp3) is 0.0714. The second-order valence-corrected chi connectivity index (χ2v) is 3.89. The van der Waals surface area contributed by atoms with E-state index in [-0.39, 0.29) is 16.7 Å². The Morgan fingerprint density at radius 1 is 1.05 bits per heavy atom. The molecule has 0 bridgehead atoms. The first-order valence-electron chi connectivity index (χ1n) is 5.50. The van der Waals surface area contributed by atoms with Crippen molar-refractivity contribution in [2.45, 2.75) is 6.36 Å². The van der Waals surface area contributed by atoms with Crippen molar-refractivity contribution in [3.8, 4) is 16.9 Å². The highest BCUT2D eigenvalue weighted by atomic mass is 19.4. The summed E-state index contributed by atoms with van der Waals surface area (Å²) in [7, 11) is 0. The van der Waals surface area contributed by atoms with Crippen LogP contribution in [0.3, 0.4) is 0 Å². The van der Waals surface area contributed by atoms with Gasteiger partial charge in [0, 0.05) is 0 Å². The summed E-state index contributed by atoms with van der Waals surface area (Å²) in [5.41, 5.74) is 0.248. The van der Waals surface area contributed by atoms with Gasteiger partial charge in [0.25, 0.3) is 0 Å². The molecular weight excluding hydrogens is 276 g/mol. The summed E-state index contributed by atoms with van der Waals surface area (Å²) in [6.07, 6.45) is -4.49. The van der Waals surface area contributed by atoms with Gasteiger partial charge in [-0.05, 0) is 29.3 Å². The van der Waals surface area contributed by atoms with Gasteiger partial charge in [0.2, 0.25) is 0 Å². The lowest BCUT2D eigenvalue weighted by Crippen LogP contribution is -2.17. The molecule has 20 heavy (non-hydrogen) atoms. The first-order chi connectivity index (χ1) is 9.40. The molecule has 104 valence electrons. The zero-order valence-corrected chi connectivity index (χ0v) is 9.95. The Kier molecular flexibility index (Phi) is 3.74. The quantitative estimate of drug-likeness (QED) is 0.623. The van der Waals surface area contributed by atoms with Crippen molar-refractivity contribution in [3.05, 3.63) is 53.8 Å². The van der Waals surface area contributed by atoms with Crippen LogP contribution in [0.1, 0.15) is 10.4 Å². The number of benzene rings is 2. The maximum atomic E-state index is 13.5. The van der Waals surface area contributed by atoms with Crippen LogP contribution in [0.5, 0.6) is 5.75 Å². The van der Waals surface area contributed by atoms with E-state index in [4.69, 9.17) is 0 Å². The van der Waals surface area contributed by atoms with Crippen LogP contribution < -0.4 is 4.74 Å². The minimum atomic E-state index is -4.81. The molecule has 0 saturated heterocycles. The van der Waals surface area contributed by atoms with Gasteiger partial charge in [-0.2, -0.15) is 0 Å². The van der Waals surface area contributed by atoms with Gasteiger partial charge < -0.3 is 4.74 Å². The summed E-state index contributed by atoms with van der Waals surface area (Å²) in [5, 5.41) is 0.